The van der Waals surface area contributed by atoms with E-state index in [1.54, 1.807) is 72.8 Å². The summed E-state index contributed by atoms with van der Waals surface area (Å²) in [5.74, 6) is -2.50. The predicted octanol–water partition coefficient (Wildman–Crippen LogP) is 5.66. The number of nitrogens with zero attached hydrogens (tertiary/aromatic N) is 2. The number of imide groups is 2. The van der Waals surface area contributed by atoms with Crippen LogP contribution in [0, 0.1) is 0 Å². The molecule has 330 valence electrons. The molecule has 8 amide bonds. The molecule has 1 saturated carbocycles. The summed E-state index contributed by atoms with van der Waals surface area (Å²) < 4.78 is 5.50. The molecule has 0 aromatic heterocycles. The number of hydrogen-bond acceptors (Lipinski definition) is 10. The Balaban J connectivity index is 0.708. The van der Waals surface area contributed by atoms with Gasteiger partial charge in [-0.05, 0) is 104 Å². The third kappa shape index (κ3) is 9.96. The van der Waals surface area contributed by atoms with Crippen molar-refractivity contribution >= 4 is 64.3 Å². The van der Waals surface area contributed by atoms with Crippen molar-refractivity contribution in [2.45, 2.75) is 82.8 Å². The maximum atomic E-state index is 13.5. The fourth-order valence-electron chi connectivity index (χ4n) is 8.14. The lowest BCUT2D eigenvalue weighted by Crippen LogP contribution is -2.54. The van der Waals surface area contributed by atoms with Crippen LogP contribution in [0.3, 0.4) is 0 Å². The van der Waals surface area contributed by atoms with Crippen LogP contribution in [-0.4, -0.2) is 88.8 Å². The SMILES string of the molecule is O=C1CCC(N2C(=O)c3cccc(NCCCCCCCCNC(=O)c4ccc(NC(=O)c5ccc(CN(C(=O)c6ccc7c(c6)OCC(=O)N7)C6CC6)cc5)cc4)c3C2=O)C(=O)N1. The number of anilines is 3. The number of ether oxygens (including phenoxy) is 1. The van der Waals surface area contributed by atoms with Crippen molar-refractivity contribution in [1.82, 2.24) is 20.4 Å². The van der Waals surface area contributed by atoms with E-state index >= 15 is 0 Å². The highest BCUT2D eigenvalue weighted by Gasteiger charge is 2.45. The lowest BCUT2D eigenvalue weighted by atomic mass is 10.0. The zero-order valence-corrected chi connectivity index (χ0v) is 35.2. The van der Waals surface area contributed by atoms with Crippen LogP contribution >= 0.6 is 0 Å². The quantitative estimate of drug-likeness (QED) is 0.0612. The van der Waals surface area contributed by atoms with Crippen molar-refractivity contribution in [2.24, 2.45) is 0 Å². The molecule has 3 aliphatic heterocycles. The van der Waals surface area contributed by atoms with Gasteiger partial charge in [-0.15, -0.1) is 0 Å². The summed E-state index contributed by atoms with van der Waals surface area (Å²) in [5.41, 5.74) is 4.44. The third-order valence-electron chi connectivity index (χ3n) is 11.8. The number of carbonyl (C=O) groups is 8. The fourth-order valence-corrected chi connectivity index (χ4v) is 8.14. The minimum absolute atomic E-state index is 0.0668. The second-order valence-electron chi connectivity index (χ2n) is 16.4. The average Bonchev–Trinajstić information content (AvgIpc) is 4.11. The Hall–Kier alpha value is -7.36. The lowest BCUT2D eigenvalue weighted by Gasteiger charge is -2.27. The number of fused-ring (bicyclic) bond motifs is 2. The van der Waals surface area contributed by atoms with Gasteiger partial charge in [-0.2, -0.15) is 0 Å². The van der Waals surface area contributed by atoms with Gasteiger partial charge in [0.2, 0.25) is 11.8 Å². The van der Waals surface area contributed by atoms with Crippen molar-refractivity contribution < 1.29 is 43.1 Å². The molecule has 0 bridgehead atoms. The molecule has 16 nitrogen and oxygen atoms in total. The Morgan fingerprint density at radius 3 is 2.12 bits per heavy atom. The molecule has 16 heteroatoms. The van der Waals surface area contributed by atoms with Crippen LogP contribution in [0.15, 0.2) is 84.9 Å². The van der Waals surface area contributed by atoms with E-state index in [9.17, 15) is 38.4 Å². The normalized spacial score (nSPS) is 16.5. The number of nitrogens with one attached hydrogen (secondary N) is 5. The fraction of sp³-hybridized carbons (Fsp3) is 0.333. The van der Waals surface area contributed by atoms with Crippen molar-refractivity contribution in [3.05, 3.63) is 118 Å². The smallest absolute Gasteiger partial charge is 0.264 e. The van der Waals surface area contributed by atoms with Gasteiger partial charge in [0.1, 0.15) is 11.8 Å². The molecule has 0 radical (unpaired) electrons. The Labute approximate surface area is 369 Å². The van der Waals surface area contributed by atoms with Gasteiger partial charge in [0.15, 0.2) is 6.61 Å². The topological polar surface area (TPSA) is 212 Å². The van der Waals surface area contributed by atoms with Crippen LogP contribution in [-0.2, 0) is 20.9 Å². The highest BCUT2D eigenvalue weighted by molar-refractivity contribution is 6.25. The molecule has 4 aliphatic rings. The Morgan fingerprint density at radius 1 is 0.703 bits per heavy atom. The highest BCUT2D eigenvalue weighted by atomic mass is 16.5. The van der Waals surface area contributed by atoms with Gasteiger partial charge in [0.05, 0.1) is 16.8 Å². The van der Waals surface area contributed by atoms with Crippen LogP contribution in [0.2, 0.25) is 0 Å². The first-order valence-electron chi connectivity index (χ1n) is 21.8. The number of carbonyl (C=O) groups excluding carboxylic acids is 8. The Morgan fingerprint density at radius 2 is 1.39 bits per heavy atom. The molecule has 64 heavy (non-hydrogen) atoms. The molecule has 3 heterocycles. The molecule has 1 unspecified atom stereocenters. The molecule has 4 aromatic rings. The van der Waals surface area contributed by atoms with Crippen molar-refractivity contribution in [1.29, 1.82) is 0 Å². The summed E-state index contributed by atoms with van der Waals surface area (Å²) in [6.07, 6.45) is 7.59. The molecular formula is C48H49N7O9. The third-order valence-corrected chi connectivity index (χ3v) is 11.8. The molecular weight excluding hydrogens is 819 g/mol. The van der Waals surface area contributed by atoms with Gasteiger partial charge in [-0.3, -0.25) is 48.6 Å². The van der Waals surface area contributed by atoms with Gasteiger partial charge < -0.3 is 30.9 Å². The zero-order valence-electron chi connectivity index (χ0n) is 35.2. The van der Waals surface area contributed by atoms with Crippen LogP contribution < -0.4 is 31.3 Å². The van der Waals surface area contributed by atoms with Gasteiger partial charge in [-0.1, -0.05) is 43.9 Å². The summed E-state index contributed by atoms with van der Waals surface area (Å²) in [5, 5.41) is 14.1. The van der Waals surface area contributed by atoms with E-state index < -0.39 is 29.7 Å². The molecule has 1 aliphatic carbocycles. The summed E-state index contributed by atoms with van der Waals surface area (Å²) in [4.78, 5) is 104. The standard InChI is InChI=1S/C48H49N7O9/c56-40-23-22-38(45(60)53-40)55-47(62)35-8-7-9-37(42(35)48(55)63)49-24-5-3-1-2-4-6-25-50-43(58)30-14-17-33(18-15-30)51-44(59)31-12-10-29(11-13-31)27-54(34-19-20-34)46(61)32-16-21-36-39(26-32)64-28-41(57)52-36/h7-18,21,26,34,38,49H,1-6,19-20,22-25,27-28H2,(H,50,58)(H,51,59)(H,52,57)(H,53,56,60). The number of benzene rings is 4. The molecule has 4 aromatic carbocycles. The number of unbranched alkanes of at least 4 members (excludes halogenated alkanes) is 5. The minimum Gasteiger partial charge on any atom is -0.482 e. The number of piperidine rings is 1. The van der Waals surface area contributed by atoms with Crippen molar-refractivity contribution in [3.8, 4) is 5.75 Å². The maximum absolute atomic E-state index is 13.5. The van der Waals surface area contributed by atoms with Crippen LogP contribution in [0.25, 0.3) is 0 Å². The van der Waals surface area contributed by atoms with Crippen LogP contribution in [0.4, 0.5) is 17.1 Å². The monoisotopic (exact) mass is 867 g/mol. The second kappa shape index (κ2) is 19.4. The number of hydrogen-bond donors (Lipinski definition) is 5. The number of amides is 8. The van der Waals surface area contributed by atoms with Crippen molar-refractivity contribution in [2.75, 3.05) is 35.6 Å². The van der Waals surface area contributed by atoms with E-state index in [4.69, 9.17) is 4.74 Å². The van der Waals surface area contributed by atoms with E-state index in [-0.39, 0.29) is 60.2 Å². The molecule has 8 rings (SSSR count). The molecule has 0 spiro atoms. The number of rotatable bonds is 18. The minimum atomic E-state index is -1.01. The first-order chi connectivity index (χ1) is 31.0. The average molecular weight is 868 g/mol. The van der Waals surface area contributed by atoms with Crippen LogP contribution in [0.5, 0.6) is 5.75 Å². The van der Waals surface area contributed by atoms with Crippen molar-refractivity contribution in [3.63, 3.8) is 0 Å². The van der Waals surface area contributed by atoms with Gasteiger partial charge >= 0.3 is 0 Å². The Kier molecular flexibility index (Phi) is 13.1. The molecule has 1 atom stereocenters. The summed E-state index contributed by atoms with van der Waals surface area (Å²) in [7, 11) is 0. The van der Waals surface area contributed by atoms with E-state index in [1.807, 2.05) is 17.0 Å². The van der Waals surface area contributed by atoms with E-state index in [0.29, 0.717) is 59.1 Å². The first-order valence-corrected chi connectivity index (χ1v) is 21.8. The second-order valence-corrected chi connectivity index (χ2v) is 16.4. The Bertz CT molecular complexity index is 2500. The van der Waals surface area contributed by atoms with E-state index in [1.165, 1.54) is 0 Å². The molecule has 5 N–H and O–H groups in total. The van der Waals surface area contributed by atoms with E-state index in [2.05, 4.69) is 26.6 Å². The summed E-state index contributed by atoms with van der Waals surface area (Å²) >= 11 is 0. The van der Waals surface area contributed by atoms with Gasteiger partial charge in [0.25, 0.3) is 35.4 Å². The first kappa shape index (κ1) is 43.3. The van der Waals surface area contributed by atoms with Gasteiger partial charge in [-0.25, -0.2) is 0 Å². The molecule has 2 fully saturated rings. The van der Waals surface area contributed by atoms with Gasteiger partial charge in [0, 0.05) is 60.2 Å². The predicted molar refractivity (Wildman–Crippen MR) is 236 cm³/mol. The van der Waals surface area contributed by atoms with Crippen LogP contribution in [0.1, 0.15) is 122 Å². The molecule has 1 saturated heterocycles. The summed E-state index contributed by atoms with van der Waals surface area (Å²) in [6.45, 7) is 1.43. The summed E-state index contributed by atoms with van der Waals surface area (Å²) in [6, 6.07) is 23.0. The zero-order chi connectivity index (χ0) is 44.7. The van der Waals surface area contributed by atoms with E-state index in [0.717, 1.165) is 61.8 Å². The largest absolute Gasteiger partial charge is 0.482 e. The lowest BCUT2D eigenvalue weighted by molar-refractivity contribution is -0.136. The maximum Gasteiger partial charge on any atom is 0.264 e. The highest BCUT2D eigenvalue weighted by Crippen LogP contribution is 2.34.